The van der Waals surface area contributed by atoms with E-state index in [4.69, 9.17) is 4.74 Å². The summed E-state index contributed by atoms with van der Waals surface area (Å²) in [7, 11) is 0. The van der Waals surface area contributed by atoms with E-state index in [2.05, 4.69) is 29.4 Å². The van der Waals surface area contributed by atoms with Crippen LogP contribution in [0.4, 0.5) is 11.4 Å². The number of carbonyl (C=O) groups is 2. The summed E-state index contributed by atoms with van der Waals surface area (Å²) in [6.07, 6.45) is 3.38. The summed E-state index contributed by atoms with van der Waals surface area (Å²) in [5.41, 5.74) is 4.47. The number of amides is 1. The molecule has 178 valence electrons. The van der Waals surface area contributed by atoms with Gasteiger partial charge in [0.15, 0.2) is 5.78 Å². The van der Waals surface area contributed by atoms with Gasteiger partial charge in [0.2, 0.25) is 5.91 Å². The van der Waals surface area contributed by atoms with Crippen LogP contribution in [0.5, 0.6) is 0 Å². The molecule has 6 heteroatoms. The van der Waals surface area contributed by atoms with Crippen molar-refractivity contribution in [3.63, 3.8) is 0 Å². The third-order valence-corrected chi connectivity index (χ3v) is 6.98. The van der Waals surface area contributed by atoms with Gasteiger partial charge in [-0.25, -0.2) is 0 Å². The molecule has 3 aliphatic rings. The second-order valence-electron chi connectivity index (χ2n) is 10.4. The van der Waals surface area contributed by atoms with Gasteiger partial charge in [0, 0.05) is 30.8 Å². The average molecular weight is 460 g/mol. The number of benzene rings is 2. The maximum absolute atomic E-state index is 13.6. The highest BCUT2D eigenvalue weighted by molar-refractivity contribution is 6.01. The first-order valence-electron chi connectivity index (χ1n) is 12.2. The first-order chi connectivity index (χ1) is 16.4. The van der Waals surface area contributed by atoms with Gasteiger partial charge in [-0.15, -0.1) is 0 Å². The summed E-state index contributed by atoms with van der Waals surface area (Å²) in [4.78, 5) is 28.9. The van der Waals surface area contributed by atoms with E-state index < -0.39 is 0 Å². The molecule has 34 heavy (non-hydrogen) atoms. The van der Waals surface area contributed by atoms with E-state index in [9.17, 15) is 9.59 Å². The highest BCUT2D eigenvalue weighted by Gasteiger charge is 2.41. The molecule has 2 atom stereocenters. The molecule has 0 bridgehead atoms. The summed E-state index contributed by atoms with van der Waals surface area (Å²) in [5, 5.41) is 6.66. The zero-order valence-electron chi connectivity index (χ0n) is 20.0. The lowest BCUT2D eigenvalue weighted by Crippen LogP contribution is -2.43. The van der Waals surface area contributed by atoms with Crippen molar-refractivity contribution < 1.29 is 14.3 Å². The SMILES string of the molecule is CC1(C)CC(=O)C2=C(C1)Nc1ccccc1N(CC(=O)NC[C@@H]1CCCO1)[C@@H]2c1ccccc1. The topological polar surface area (TPSA) is 70.7 Å². The minimum Gasteiger partial charge on any atom is -0.376 e. The van der Waals surface area contributed by atoms with E-state index in [-0.39, 0.29) is 35.8 Å². The second kappa shape index (κ2) is 9.26. The molecule has 1 fully saturated rings. The lowest BCUT2D eigenvalue weighted by Gasteiger charge is -2.37. The highest BCUT2D eigenvalue weighted by atomic mass is 16.5. The van der Waals surface area contributed by atoms with Crippen LogP contribution >= 0.6 is 0 Å². The molecule has 0 radical (unpaired) electrons. The first-order valence-corrected chi connectivity index (χ1v) is 12.2. The zero-order chi connectivity index (χ0) is 23.7. The highest BCUT2D eigenvalue weighted by Crippen LogP contribution is 2.48. The number of nitrogens with zero attached hydrogens (tertiary/aromatic N) is 1. The second-order valence-corrected chi connectivity index (χ2v) is 10.4. The number of allylic oxidation sites excluding steroid dienone is 1. The predicted molar refractivity (Wildman–Crippen MR) is 134 cm³/mol. The molecule has 0 saturated carbocycles. The van der Waals surface area contributed by atoms with E-state index in [1.807, 2.05) is 54.6 Å². The number of nitrogens with one attached hydrogen (secondary N) is 2. The van der Waals surface area contributed by atoms with Crippen LogP contribution in [0.25, 0.3) is 0 Å². The monoisotopic (exact) mass is 459 g/mol. The van der Waals surface area contributed by atoms with Crippen LogP contribution in [0.15, 0.2) is 65.9 Å². The maximum Gasteiger partial charge on any atom is 0.239 e. The maximum atomic E-state index is 13.6. The number of para-hydroxylation sites is 2. The van der Waals surface area contributed by atoms with E-state index >= 15 is 0 Å². The van der Waals surface area contributed by atoms with E-state index in [1.165, 1.54) is 0 Å². The molecule has 1 saturated heterocycles. The molecule has 2 N–H and O–H groups in total. The normalized spacial score (nSPS) is 23.6. The van der Waals surface area contributed by atoms with Gasteiger partial charge in [-0.2, -0.15) is 0 Å². The number of carbonyl (C=O) groups excluding carboxylic acids is 2. The lowest BCUT2D eigenvalue weighted by molar-refractivity contribution is -0.121. The summed E-state index contributed by atoms with van der Waals surface area (Å²) in [6.45, 7) is 5.71. The fourth-order valence-electron chi connectivity index (χ4n) is 5.45. The van der Waals surface area contributed by atoms with Crippen molar-refractivity contribution in [1.29, 1.82) is 0 Å². The number of ether oxygens (including phenoxy) is 1. The minimum absolute atomic E-state index is 0.0705. The molecular formula is C28H33N3O3. The Kier molecular flexibility index (Phi) is 6.17. The minimum atomic E-state index is -0.343. The molecule has 2 aromatic carbocycles. The molecule has 2 heterocycles. The lowest BCUT2D eigenvalue weighted by atomic mass is 9.73. The van der Waals surface area contributed by atoms with E-state index in [0.717, 1.165) is 54.1 Å². The van der Waals surface area contributed by atoms with Crippen LogP contribution in [0, 0.1) is 5.41 Å². The summed E-state index contributed by atoms with van der Waals surface area (Å²) in [6, 6.07) is 17.7. The van der Waals surface area contributed by atoms with Gasteiger partial charge in [-0.1, -0.05) is 56.3 Å². The number of rotatable bonds is 5. The van der Waals surface area contributed by atoms with Crippen molar-refractivity contribution in [1.82, 2.24) is 5.32 Å². The number of anilines is 2. The number of hydrogen-bond acceptors (Lipinski definition) is 5. The third-order valence-electron chi connectivity index (χ3n) is 6.98. The van der Waals surface area contributed by atoms with Gasteiger partial charge in [-0.3, -0.25) is 9.59 Å². The standard InChI is InChI=1S/C28H33N3O3/c1-28(2)15-22-26(24(32)16-28)27(19-9-4-3-5-10-19)31(23-13-7-6-12-21(23)30-22)18-25(33)29-17-20-11-8-14-34-20/h3-7,9-10,12-13,20,27,30H,8,11,14-18H2,1-2H3,(H,29,33)/t20-,27+/m0/s1. The molecule has 6 nitrogen and oxygen atoms in total. The Balaban J connectivity index is 1.56. The number of hydrogen-bond donors (Lipinski definition) is 2. The van der Waals surface area contributed by atoms with Gasteiger partial charge >= 0.3 is 0 Å². The Morgan fingerprint density at radius 3 is 2.65 bits per heavy atom. The smallest absolute Gasteiger partial charge is 0.239 e. The summed E-state index contributed by atoms with van der Waals surface area (Å²) < 4.78 is 5.67. The Bertz CT molecular complexity index is 1100. The van der Waals surface area contributed by atoms with Gasteiger partial charge in [-0.05, 0) is 42.4 Å². The molecule has 2 aromatic rings. The Morgan fingerprint density at radius 2 is 1.88 bits per heavy atom. The fourth-order valence-corrected chi connectivity index (χ4v) is 5.45. The third kappa shape index (κ3) is 4.60. The van der Waals surface area contributed by atoms with Crippen molar-refractivity contribution in [2.75, 3.05) is 29.9 Å². The Morgan fingerprint density at radius 1 is 1.12 bits per heavy atom. The van der Waals surface area contributed by atoms with E-state index in [0.29, 0.717) is 13.0 Å². The van der Waals surface area contributed by atoms with Crippen molar-refractivity contribution in [3.8, 4) is 0 Å². The fraction of sp³-hybridized carbons (Fsp3) is 0.429. The van der Waals surface area contributed by atoms with Crippen molar-refractivity contribution in [3.05, 3.63) is 71.4 Å². The number of ketones is 1. The molecule has 1 aliphatic carbocycles. The summed E-state index contributed by atoms with van der Waals surface area (Å²) in [5.74, 6) is 0.0732. The van der Waals surface area contributed by atoms with Crippen molar-refractivity contribution >= 4 is 23.1 Å². The molecule has 0 unspecified atom stereocenters. The van der Waals surface area contributed by atoms with Crippen LogP contribution in [0.2, 0.25) is 0 Å². The number of fused-ring (bicyclic) bond motifs is 1. The van der Waals surface area contributed by atoms with Crippen LogP contribution in [0.3, 0.4) is 0 Å². The van der Waals surface area contributed by atoms with Crippen LogP contribution in [-0.2, 0) is 14.3 Å². The van der Waals surface area contributed by atoms with Crippen molar-refractivity contribution in [2.45, 2.75) is 51.7 Å². The predicted octanol–water partition coefficient (Wildman–Crippen LogP) is 4.60. The molecule has 1 amide bonds. The zero-order valence-corrected chi connectivity index (χ0v) is 20.0. The van der Waals surface area contributed by atoms with Gasteiger partial charge in [0.25, 0.3) is 0 Å². The van der Waals surface area contributed by atoms with Gasteiger partial charge < -0.3 is 20.3 Å². The number of Topliss-reactive ketones (excluding diaryl/α,β-unsaturated/α-hetero) is 1. The first kappa shape index (κ1) is 22.7. The molecule has 2 aliphatic heterocycles. The molecular weight excluding hydrogens is 426 g/mol. The Labute approximate surface area is 201 Å². The van der Waals surface area contributed by atoms with Crippen molar-refractivity contribution in [2.24, 2.45) is 5.41 Å². The molecule has 0 spiro atoms. The van der Waals surface area contributed by atoms with Gasteiger partial charge in [0.05, 0.1) is 30.1 Å². The van der Waals surface area contributed by atoms with Crippen LogP contribution in [-0.4, -0.2) is 37.5 Å². The largest absolute Gasteiger partial charge is 0.376 e. The van der Waals surface area contributed by atoms with E-state index in [1.54, 1.807) is 0 Å². The Hall–Kier alpha value is -3.12. The molecule has 5 rings (SSSR count). The molecule has 0 aromatic heterocycles. The van der Waals surface area contributed by atoms with Crippen LogP contribution < -0.4 is 15.5 Å². The quantitative estimate of drug-likeness (QED) is 0.684. The summed E-state index contributed by atoms with van der Waals surface area (Å²) >= 11 is 0. The van der Waals surface area contributed by atoms with Gasteiger partial charge in [0.1, 0.15) is 0 Å². The van der Waals surface area contributed by atoms with Crippen LogP contribution in [0.1, 0.15) is 51.1 Å². The average Bonchev–Trinajstić information content (AvgIpc) is 3.29.